The van der Waals surface area contributed by atoms with Gasteiger partial charge in [0.25, 0.3) is 0 Å². The minimum atomic E-state index is -0.622. The maximum absolute atomic E-state index is 12.1. The molecule has 1 atom stereocenters. The number of methoxy groups -OCH3 is 1. The second-order valence-electron chi connectivity index (χ2n) is 6.20. The first-order chi connectivity index (χ1) is 9.42. The summed E-state index contributed by atoms with van der Waals surface area (Å²) in [5, 5.41) is 3.35. The Morgan fingerprint density at radius 1 is 1.45 bits per heavy atom. The molecule has 0 aromatic heterocycles. The smallest absolute Gasteiger partial charge is 0.327 e. The summed E-state index contributed by atoms with van der Waals surface area (Å²) in [6.07, 6.45) is 3.33. The van der Waals surface area contributed by atoms with E-state index in [1.54, 1.807) is 0 Å². The molecule has 1 aliphatic heterocycles. The van der Waals surface area contributed by atoms with Gasteiger partial charge in [0.15, 0.2) is 0 Å². The number of nitrogens with one attached hydrogen (secondary N) is 1. The van der Waals surface area contributed by atoms with Crippen LogP contribution in [0.25, 0.3) is 0 Å². The highest BCUT2D eigenvalue weighted by molar-refractivity contribution is 5.80. The SMILES string of the molecule is CCCNC(C)(CN(C)C1CCN(C)CC1)C(=O)OC. The molecule has 1 aliphatic rings. The second-order valence-corrected chi connectivity index (χ2v) is 6.20. The standard InChI is InChI=1S/C15H31N3O2/c1-6-9-16-15(2,14(19)20-5)12-18(4)13-7-10-17(3)11-8-13/h13,16H,6-12H2,1-5H3. The highest BCUT2D eigenvalue weighted by Crippen LogP contribution is 2.17. The molecule has 0 amide bonds. The first kappa shape index (κ1) is 17.4. The van der Waals surface area contributed by atoms with E-state index < -0.39 is 5.54 Å². The summed E-state index contributed by atoms with van der Waals surface area (Å²) >= 11 is 0. The van der Waals surface area contributed by atoms with Gasteiger partial charge in [-0.05, 0) is 59.9 Å². The van der Waals surface area contributed by atoms with Crippen LogP contribution in [-0.4, -0.2) is 74.7 Å². The second kappa shape index (κ2) is 7.96. The molecule has 0 radical (unpaired) electrons. The van der Waals surface area contributed by atoms with Crippen molar-refractivity contribution in [2.75, 3.05) is 47.4 Å². The maximum Gasteiger partial charge on any atom is 0.327 e. The van der Waals surface area contributed by atoms with E-state index in [1.807, 2.05) is 6.92 Å². The van der Waals surface area contributed by atoms with Crippen molar-refractivity contribution in [2.24, 2.45) is 0 Å². The average molecular weight is 285 g/mol. The Bertz CT molecular complexity index is 303. The van der Waals surface area contributed by atoms with Crippen LogP contribution < -0.4 is 5.32 Å². The lowest BCUT2D eigenvalue weighted by atomic mass is 9.98. The predicted octanol–water partition coefficient (Wildman–Crippen LogP) is 0.944. The first-order valence-electron chi connectivity index (χ1n) is 7.65. The highest BCUT2D eigenvalue weighted by Gasteiger charge is 2.36. The van der Waals surface area contributed by atoms with E-state index in [4.69, 9.17) is 4.74 Å². The molecule has 0 saturated carbocycles. The molecule has 20 heavy (non-hydrogen) atoms. The van der Waals surface area contributed by atoms with E-state index in [0.717, 1.165) is 38.9 Å². The Balaban J connectivity index is 2.61. The van der Waals surface area contributed by atoms with E-state index >= 15 is 0 Å². The number of nitrogens with zero attached hydrogens (tertiary/aromatic N) is 2. The predicted molar refractivity (Wildman–Crippen MR) is 81.9 cm³/mol. The van der Waals surface area contributed by atoms with Crippen LogP contribution in [0.15, 0.2) is 0 Å². The summed E-state index contributed by atoms with van der Waals surface area (Å²) in [6, 6.07) is 0.554. The van der Waals surface area contributed by atoms with Gasteiger partial charge in [0, 0.05) is 12.6 Å². The molecule has 1 heterocycles. The van der Waals surface area contributed by atoms with Crippen molar-refractivity contribution in [3.05, 3.63) is 0 Å². The molecule has 0 bridgehead atoms. The van der Waals surface area contributed by atoms with Crippen LogP contribution in [0.2, 0.25) is 0 Å². The van der Waals surface area contributed by atoms with Gasteiger partial charge in [-0.3, -0.25) is 4.79 Å². The summed E-state index contributed by atoms with van der Waals surface area (Å²) in [4.78, 5) is 16.8. The highest BCUT2D eigenvalue weighted by atomic mass is 16.5. The van der Waals surface area contributed by atoms with Crippen LogP contribution >= 0.6 is 0 Å². The topological polar surface area (TPSA) is 44.8 Å². The van der Waals surface area contributed by atoms with Gasteiger partial charge >= 0.3 is 5.97 Å². The Morgan fingerprint density at radius 3 is 2.55 bits per heavy atom. The lowest BCUT2D eigenvalue weighted by molar-refractivity contribution is -0.149. The Morgan fingerprint density at radius 2 is 2.05 bits per heavy atom. The fourth-order valence-corrected chi connectivity index (χ4v) is 2.88. The molecular formula is C15H31N3O2. The monoisotopic (exact) mass is 285 g/mol. The number of carbonyl (C=O) groups is 1. The number of likely N-dealkylation sites (tertiary alicyclic amines) is 1. The lowest BCUT2D eigenvalue weighted by Crippen LogP contribution is -2.59. The summed E-state index contributed by atoms with van der Waals surface area (Å²) in [6.45, 7) is 7.82. The van der Waals surface area contributed by atoms with E-state index in [9.17, 15) is 4.79 Å². The summed E-state index contributed by atoms with van der Waals surface area (Å²) in [5.41, 5.74) is -0.622. The molecule has 1 N–H and O–H groups in total. The number of ether oxygens (including phenoxy) is 1. The Kier molecular flexibility index (Phi) is 6.92. The summed E-state index contributed by atoms with van der Waals surface area (Å²) in [5.74, 6) is -0.175. The van der Waals surface area contributed by atoms with Crippen LogP contribution in [0, 0.1) is 0 Å². The molecule has 0 aliphatic carbocycles. The third kappa shape index (κ3) is 4.72. The van der Waals surface area contributed by atoms with E-state index in [1.165, 1.54) is 7.11 Å². The van der Waals surface area contributed by atoms with E-state index in [2.05, 4.69) is 36.1 Å². The molecule has 1 rings (SSSR count). The molecule has 0 aromatic carbocycles. The van der Waals surface area contributed by atoms with Crippen LogP contribution in [0.3, 0.4) is 0 Å². The van der Waals surface area contributed by atoms with Crippen molar-refractivity contribution in [3.8, 4) is 0 Å². The van der Waals surface area contributed by atoms with Gasteiger partial charge in [-0.25, -0.2) is 0 Å². The largest absolute Gasteiger partial charge is 0.468 e. The minimum absolute atomic E-state index is 0.175. The quantitative estimate of drug-likeness (QED) is 0.706. The minimum Gasteiger partial charge on any atom is -0.468 e. The van der Waals surface area contributed by atoms with Crippen molar-refractivity contribution in [3.63, 3.8) is 0 Å². The molecule has 5 heteroatoms. The van der Waals surface area contributed by atoms with Gasteiger partial charge in [-0.1, -0.05) is 6.92 Å². The molecule has 0 spiro atoms. The molecule has 1 fully saturated rings. The average Bonchev–Trinajstić information content (AvgIpc) is 2.44. The van der Waals surface area contributed by atoms with Gasteiger partial charge < -0.3 is 19.9 Å². The van der Waals surface area contributed by atoms with Crippen LogP contribution in [0.5, 0.6) is 0 Å². The number of hydrogen-bond donors (Lipinski definition) is 1. The number of hydrogen-bond acceptors (Lipinski definition) is 5. The van der Waals surface area contributed by atoms with Gasteiger partial charge in [0.2, 0.25) is 0 Å². The fraction of sp³-hybridized carbons (Fsp3) is 0.933. The number of likely N-dealkylation sites (N-methyl/N-ethyl adjacent to an activating group) is 1. The van der Waals surface area contributed by atoms with Gasteiger partial charge in [0.05, 0.1) is 7.11 Å². The number of piperidine rings is 1. The molecule has 1 saturated heterocycles. The zero-order valence-electron chi connectivity index (χ0n) is 13.7. The number of carbonyl (C=O) groups excluding carboxylic acids is 1. The number of esters is 1. The van der Waals surface area contributed by atoms with Gasteiger partial charge in [0.1, 0.15) is 5.54 Å². The first-order valence-corrected chi connectivity index (χ1v) is 7.65. The van der Waals surface area contributed by atoms with E-state index in [0.29, 0.717) is 12.6 Å². The number of rotatable bonds is 7. The van der Waals surface area contributed by atoms with Crippen LogP contribution in [0.4, 0.5) is 0 Å². The molecule has 5 nitrogen and oxygen atoms in total. The van der Waals surface area contributed by atoms with Crippen molar-refractivity contribution in [1.82, 2.24) is 15.1 Å². The Labute approximate surface area is 123 Å². The van der Waals surface area contributed by atoms with Crippen LogP contribution in [0.1, 0.15) is 33.1 Å². The molecule has 0 aromatic rings. The Hall–Kier alpha value is -0.650. The molecule has 118 valence electrons. The van der Waals surface area contributed by atoms with Gasteiger partial charge in [-0.15, -0.1) is 0 Å². The third-order valence-corrected chi connectivity index (χ3v) is 4.28. The zero-order chi connectivity index (χ0) is 15.2. The fourth-order valence-electron chi connectivity index (χ4n) is 2.88. The van der Waals surface area contributed by atoms with Crippen molar-refractivity contribution >= 4 is 5.97 Å². The summed E-state index contributed by atoms with van der Waals surface area (Å²) < 4.78 is 4.98. The third-order valence-electron chi connectivity index (χ3n) is 4.28. The van der Waals surface area contributed by atoms with E-state index in [-0.39, 0.29) is 5.97 Å². The summed E-state index contributed by atoms with van der Waals surface area (Å²) in [7, 11) is 5.74. The van der Waals surface area contributed by atoms with Crippen LogP contribution in [-0.2, 0) is 9.53 Å². The lowest BCUT2D eigenvalue weighted by Gasteiger charge is -2.39. The van der Waals surface area contributed by atoms with Crippen molar-refractivity contribution in [2.45, 2.75) is 44.7 Å². The van der Waals surface area contributed by atoms with Crippen molar-refractivity contribution in [1.29, 1.82) is 0 Å². The molecule has 1 unspecified atom stereocenters. The molecular weight excluding hydrogens is 254 g/mol. The normalized spacial score (nSPS) is 20.9. The van der Waals surface area contributed by atoms with Gasteiger partial charge in [-0.2, -0.15) is 0 Å². The van der Waals surface area contributed by atoms with Crippen molar-refractivity contribution < 1.29 is 9.53 Å². The zero-order valence-corrected chi connectivity index (χ0v) is 13.7. The maximum atomic E-state index is 12.1.